The van der Waals surface area contributed by atoms with E-state index in [-0.39, 0.29) is 23.1 Å². The van der Waals surface area contributed by atoms with Crippen LogP contribution < -0.4 is 11.1 Å². The quantitative estimate of drug-likeness (QED) is 0.793. The Bertz CT molecular complexity index is 561. The number of nitrogens with one attached hydrogen (secondary N) is 1. The summed E-state index contributed by atoms with van der Waals surface area (Å²) in [6.45, 7) is 2.65. The first-order valence-corrected chi connectivity index (χ1v) is 6.44. The van der Waals surface area contributed by atoms with Crippen molar-refractivity contribution < 1.29 is 14.0 Å². The summed E-state index contributed by atoms with van der Waals surface area (Å²) in [5, 5.41) is 2.61. The van der Waals surface area contributed by atoms with E-state index in [0.29, 0.717) is 19.5 Å². The second kappa shape index (κ2) is 5.11. The van der Waals surface area contributed by atoms with Gasteiger partial charge in [-0.3, -0.25) is 9.59 Å². The summed E-state index contributed by atoms with van der Waals surface area (Å²) in [5.41, 5.74) is 5.48. The molecule has 1 saturated heterocycles. The molecule has 0 bridgehead atoms. The number of anilines is 1. The Morgan fingerprint density at radius 2 is 2.15 bits per heavy atom. The molecule has 0 aliphatic carbocycles. The summed E-state index contributed by atoms with van der Waals surface area (Å²) in [6, 6.07) is 3.71. The van der Waals surface area contributed by atoms with E-state index in [1.807, 2.05) is 6.92 Å². The zero-order valence-corrected chi connectivity index (χ0v) is 11.6. The van der Waals surface area contributed by atoms with Crippen molar-refractivity contribution in [2.24, 2.45) is 5.41 Å². The van der Waals surface area contributed by atoms with E-state index in [4.69, 9.17) is 5.73 Å². The van der Waals surface area contributed by atoms with Gasteiger partial charge in [0.2, 0.25) is 5.91 Å². The van der Waals surface area contributed by atoms with Crippen molar-refractivity contribution in [2.75, 3.05) is 25.9 Å². The SMILES string of the molecule is CNC(=O)C1(C)CCN(C(=O)c2ccc(F)cc2N)C1. The van der Waals surface area contributed by atoms with Crippen LogP contribution in [0, 0.1) is 11.2 Å². The summed E-state index contributed by atoms with van der Waals surface area (Å²) >= 11 is 0. The fraction of sp³-hybridized carbons (Fsp3) is 0.429. The van der Waals surface area contributed by atoms with Crippen LogP contribution in [-0.2, 0) is 4.79 Å². The van der Waals surface area contributed by atoms with Crippen LogP contribution in [0.2, 0.25) is 0 Å². The first-order valence-electron chi connectivity index (χ1n) is 6.44. The molecule has 1 heterocycles. The van der Waals surface area contributed by atoms with Crippen LogP contribution in [0.25, 0.3) is 0 Å². The Labute approximate surface area is 116 Å². The van der Waals surface area contributed by atoms with Gasteiger partial charge in [0, 0.05) is 25.8 Å². The minimum atomic E-state index is -0.584. The highest BCUT2D eigenvalue weighted by Crippen LogP contribution is 2.31. The maximum atomic E-state index is 13.0. The van der Waals surface area contributed by atoms with Gasteiger partial charge in [-0.15, -0.1) is 0 Å². The average Bonchev–Trinajstić information content (AvgIpc) is 2.81. The predicted octanol–water partition coefficient (Wildman–Crippen LogP) is 1.01. The van der Waals surface area contributed by atoms with Crippen LogP contribution in [0.15, 0.2) is 18.2 Å². The monoisotopic (exact) mass is 279 g/mol. The van der Waals surface area contributed by atoms with Crippen molar-refractivity contribution in [3.63, 3.8) is 0 Å². The van der Waals surface area contributed by atoms with E-state index in [1.54, 1.807) is 11.9 Å². The summed E-state index contributed by atoms with van der Waals surface area (Å²) in [7, 11) is 1.58. The smallest absolute Gasteiger partial charge is 0.255 e. The first kappa shape index (κ1) is 14.3. The molecule has 0 aromatic heterocycles. The minimum absolute atomic E-state index is 0.0834. The van der Waals surface area contributed by atoms with Gasteiger partial charge in [0.1, 0.15) is 5.82 Å². The van der Waals surface area contributed by atoms with Gasteiger partial charge < -0.3 is 16.0 Å². The van der Waals surface area contributed by atoms with E-state index < -0.39 is 11.2 Å². The second-order valence-corrected chi connectivity index (χ2v) is 5.35. The lowest BCUT2D eigenvalue weighted by molar-refractivity contribution is -0.128. The van der Waals surface area contributed by atoms with Gasteiger partial charge in [0.25, 0.3) is 5.91 Å². The molecule has 1 aliphatic rings. The number of likely N-dealkylation sites (tertiary alicyclic amines) is 1. The molecular weight excluding hydrogens is 261 g/mol. The molecular formula is C14H18FN3O2. The number of carbonyl (C=O) groups excluding carboxylic acids is 2. The minimum Gasteiger partial charge on any atom is -0.398 e. The van der Waals surface area contributed by atoms with E-state index in [0.717, 1.165) is 6.07 Å². The van der Waals surface area contributed by atoms with Crippen LogP contribution in [0.1, 0.15) is 23.7 Å². The largest absolute Gasteiger partial charge is 0.398 e. The van der Waals surface area contributed by atoms with Gasteiger partial charge >= 0.3 is 0 Å². The van der Waals surface area contributed by atoms with Crippen LogP contribution in [0.5, 0.6) is 0 Å². The van der Waals surface area contributed by atoms with Crippen molar-refractivity contribution >= 4 is 17.5 Å². The van der Waals surface area contributed by atoms with Crippen LogP contribution in [-0.4, -0.2) is 36.9 Å². The predicted molar refractivity (Wildman–Crippen MR) is 73.5 cm³/mol. The zero-order chi connectivity index (χ0) is 14.9. The summed E-state index contributed by atoms with van der Waals surface area (Å²) in [5.74, 6) is -0.828. The van der Waals surface area contributed by atoms with E-state index >= 15 is 0 Å². The van der Waals surface area contributed by atoms with Gasteiger partial charge in [0.15, 0.2) is 0 Å². The topological polar surface area (TPSA) is 75.4 Å². The van der Waals surface area contributed by atoms with Gasteiger partial charge in [-0.25, -0.2) is 4.39 Å². The third-order valence-electron chi connectivity index (χ3n) is 3.78. The van der Waals surface area contributed by atoms with Crippen molar-refractivity contribution in [3.05, 3.63) is 29.6 Å². The highest BCUT2D eigenvalue weighted by molar-refractivity contribution is 5.99. The Kier molecular flexibility index (Phi) is 3.65. The molecule has 6 heteroatoms. The molecule has 0 saturated carbocycles. The highest BCUT2D eigenvalue weighted by atomic mass is 19.1. The number of hydrogen-bond donors (Lipinski definition) is 2. The van der Waals surface area contributed by atoms with Crippen LogP contribution in [0.3, 0.4) is 0 Å². The number of halogens is 1. The molecule has 5 nitrogen and oxygen atoms in total. The summed E-state index contributed by atoms with van der Waals surface area (Å²) < 4.78 is 13.0. The second-order valence-electron chi connectivity index (χ2n) is 5.35. The number of carbonyl (C=O) groups is 2. The van der Waals surface area contributed by atoms with Gasteiger partial charge in [0.05, 0.1) is 11.0 Å². The lowest BCUT2D eigenvalue weighted by Gasteiger charge is -2.23. The molecule has 3 N–H and O–H groups in total. The van der Waals surface area contributed by atoms with Gasteiger partial charge in [-0.05, 0) is 31.5 Å². The molecule has 0 radical (unpaired) electrons. The van der Waals surface area contributed by atoms with Crippen molar-refractivity contribution in [2.45, 2.75) is 13.3 Å². The molecule has 1 aromatic rings. The third kappa shape index (κ3) is 2.45. The fourth-order valence-corrected chi connectivity index (χ4v) is 2.52. The number of rotatable bonds is 2. The number of amides is 2. The first-order chi connectivity index (χ1) is 9.37. The van der Waals surface area contributed by atoms with E-state index in [1.165, 1.54) is 12.1 Å². The average molecular weight is 279 g/mol. The number of nitrogen functional groups attached to an aromatic ring is 1. The number of nitrogens with two attached hydrogens (primary N) is 1. The molecule has 1 aliphatic heterocycles. The maximum Gasteiger partial charge on any atom is 0.255 e. The Morgan fingerprint density at radius 3 is 2.75 bits per heavy atom. The maximum absolute atomic E-state index is 13.0. The summed E-state index contributed by atoms with van der Waals surface area (Å²) in [4.78, 5) is 25.8. The van der Waals surface area contributed by atoms with Crippen molar-refractivity contribution in [3.8, 4) is 0 Å². The molecule has 1 unspecified atom stereocenters. The Balaban J connectivity index is 2.18. The molecule has 20 heavy (non-hydrogen) atoms. The Hall–Kier alpha value is -2.11. The van der Waals surface area contributed by atoms with Crippen LogP contribution in [0.4, 0.5) is 10.1 Å². The molecule has 1 aromatic carbocycles. The summed E-state index contributed by atoms with van der Waals surface area (Å²) in [6.07, 6.45) is 0.597. The van der Waals surface area contributed by atoms with Crippen LogP contribution >= 0.6 is 0 Å². The molecule has 0 spiro atoms. The van der Waals surface area contributed by atoms with Crippen molar-refractivity contribution in [1.29, 1.82) is 0 Å². The normalized spacial score (nSPS) is 21.9. The fourth-order valence-electron chi connectivity index (χ4n) is 2.52. The molecule has 108 valence electrons. The molecule has 1 fully saturated rings. The van der Waals surface area contributed by atoms with Gasteiger partial charge in [-0.2, -0.15) is 0 Å². The Morgan fingerprint density at radius 1 is 1.45 bits per heavy atom. The van der Waals surface area contributed by atoms with Gasteiger partial charge in [-0.1, -0.05) is 0 Å². The molecule has 1 atom stereocenters. The zero-order valence-electron chi connectivity index (χ0n) is 11.6. The molecule has 2 rings (SSSR count). The number of benzene rings is 1. The number of hydrogen-bond acceptors (Lipinski definition) is 3. The number of nitrogens with zero attached hydrogens (tertiary/aromatic N) is 1. The lowest BCUT2D eigenvalue weighted by atomic mass is 9.89. The third-order valence-corrected chi connectivity index (χ3v) is 3.78. The molecule has 2 amide bonds. The van der Waals surface area contributed by atoms with E-state index in [9.17, 15) is 14.0 Å². The standard InChI is InChI=1S/C14H18FN3O2/c1-14(13(20)17-2)5-6-18(8-14)12(19)10-4-3-9(15)7-11(10)16/h3-4,7H,5-6,8,16H2,1-2H3,(H,17,20). The van der Waals surface area contributed by atoms with E-state index in [2.05, 4.69) is 5.32 Å². The lowest BCUT2D eigenvalue weighted by Crippen LogP contribution is -2.40. The highest BCUT2D eigenvalue weighted by Gasteiger charge is 2.41. The van der Waals surface area contributed by atoms with Crippen molar-refractivity contribution in [1.82, 2.24) is 10.2 Å².